The molecular weight excluding hydrogens is 370 g/mol. The second-order valence-corrected chi connectivity index (χ2v) is 7.53. The number of hydrogen-bond donors (Lipinski definition) is 2. The molecule has 2 N–H and O–H groups in total. The molecular formula is C22H19N3O2S. The molecule has 0 atom stereocenters. The van der Waals surface area contributed by atoms with Gasteiger partial charge >= 0.3 is 0 Å². The third kappa shape index (κ3) is 3.59. The van der Waals surface area contributed by atoms with Crippen LogP contribution in [0.5, 0.6) is 5.75 Å². The smallest absolute Gasteiger partial charge is 0.264 e. The van der Waals surface area contributed by atoms with E-state index in [2.05, 4.69) is 46.9 Å². The molecule has 0 bridgehead atoms. The van der Waals surface area contributed by atoms with Gasteiger partial charge in [0.25, 0.3) is 5.91 Å². The van der Waals surface area contributed by atoms with Crippen molar-refractivity contribution in [1.82, 2.24) is 9.88 Å². The summed E-state index contributed by atoms with van der Waals surface area (Å²) in [5.74, 6) is 0.0217. The lowest BCUT2D eigenvalue weighted by Crippen LogP contribution is -2.19. The minimum Gasteiger partial charge on any atom is -0.508 e. The summed E-state index contributed by atoms with van der Waals surface area (Å²) in [6.45, 7) is 4.11. The number of aromatic hydroxyl groups is 1. The van der Waals surface area contributed by atoms with E-state index in [1.807, 2.05) is 24.3 Å². The number of nitrogens with zero attached hydrogens (tertiary/aromatic N) is 2. The number of rotatable bonds is 3. The van der Waals surface area contributed by atoms with Gasteiger partial charge in [0.05, 0.1) is 10.6 Å². The Labute approximate surface area is 167 Å². The van der Waals surface area contributed by atoms with Gasteiger partial charge in [0.2, 0.25) is 0 Å². The maximum atomic E-state index is 12.4. The lowest BCUT2D eigenvalue weighted by atomic mass is 10.2. The molecule has 5 nitrogen and oxygen atoms in total. The number of benzene rings is 2. The van der Waals surface area contributed by atoms with Gasteiger partial charge in [0.1, 0.15) is 5.75 Å². The molecule has 6 heteroatoms. The summed E-state index contributed by atoms with van der Waals surface area (Å²) in [5, 5.41) is 12.7. The second kappa shape index (κ2) is 7.40. The first-order valence-electron chi connectivity index (χ1n) is 8.84. The predicted octanol–water partition coefficient (Wildman–Crippen LogP) is 4.69. The van der Waals surface area contributed by atoms with E-state index in [0.29, 0.717) is 15.8 Å². The molecule has 0 saturated carbocycles. The van der Waals surface area contributed by atoms with Crippen LogP contribution in [-0.4, -0.2) is 20.7 Å². The predicted molar refractivity (Wildman–Crippen MR) is 114 cm³/mol. The molecule has 140 valence electrons. The number of hydrogen-bond acceptors (Lipinski definition) is 4. The monoisotopic (exact) mass is 389 g/mol. The summed E-state index contributed by atoms with van der Waals surface area (Å²) in [4.78, 5) is 17.4. The van der Waals surface area contributed by atoms with Crippen molar-refractivity contribution in [2.75, 3.05) is 0 Å². The molecule has 1 aliphatic heterocycles. The van der Waals surface area contributed by atoms with Gasteiger partial charge in [-0.1, -0.05) is 18.2 Å². The Kier molecular flexibility index (Phi) is 4.79. The Hall–Kier alpha value is -3.25. The number of phenolic OH excluding ortho intramolecular Hbond substituents is 1. The summed E-state index contributed by atoms with van der Waals surface area (Å²) in [7, 11) is 0. The number of amidine groups is 1. The van der Waals surface area contributed by atoms with Crippen molar-refractivity contribution in [2.45, 2.75) is 13.8 Å². The highest BCUT2D eigenvalue weighted by molar-refractivity contribution is 8.18. The van der Waals surface area contributed by atoms with Gasteiger partial charge in [0.15, 0.2) is 5.17 Å². The van der Waals surface area contributed by atoms with Crippen LogP contribution < -0.4 is 5.32 Å². The Morgan fingerprint density at radius 1 is 1.07 bits per heavy atom. The SMILES string of the molecule is Cc1cc(/C=C2\SC(=Nc3ccc(O)cc3)NC2=O)c(C)n1-c1ccccc1. The maximum Gasteiger partial charge on any atom is 0.264 e. The fourth-order valence-corrected chi connectivity index (χ4v) is 4.01. The second-order valence-electron chi connectivity index (χ2n) is 6.50. The number of para-hydroxylation sites is 1. The minimum absolute atomic E-state index is 0.160. The molecule has 1 amide bonds. The van der Waals surface area contributed by atoms with Crippen molar-refractivity contribution < 1.29 is 9.90 Å². The average Bonchev–Trinajstić information content (AvgIpc) is 3.16. The highest BCUT2D eigenvalue weighted by Crippen LogP contribution is 2.30. The van der Waals surface area contributed by atoms with Crippen LogP contribution in [0.1, 0.15) is 17.0 Å². The van der Waals surface area contributed by atoms with Crippen LogP contribution in [0.2, 0.25) is 0 Å². The first-order valence-corrected chi connectivity index (χ1v) is 9.66. The van der Waals surface area contributed by atoms with Crippen molar-refractivity contribution in [1.29, 1.82) is 0 Å². The summed E-state index contributed by atoms with van der Waals surface area (Å²) in [5.41, 5.74) is 4.96. The summed E-state index contributed by atoms with van der Waals surface area (Å²) in [6, 6.07) is 18.8. The molecule has 0 spiro atoms. The molecule has 0 radical (unpaired) electrons. The van der Waals surface area contributed by atoms with E-state index in [1.54, 1.807) is 24.3 Å². The van der Waals surface area contributed by atoms with Crippen LogP contribution >= 0.6 is 11.8 Å². The van der Waals surface area contributed by atoms with Crippen LogP contribution in [0, 0.1) is 13.8 Å². The lowest BCUT2D eigenvalue weighted by molar-refractivity contribution is -0.115. The van der Waals surface area contributed by atoms with Gasteiger partial charge in [-0.25, -0.2) is 4.99 Å². The van der Waals surface area contributed by atoms with E-state index in [9.17, 15) is 9.90 Å². The van der Waals surface area contributed by atoms with E-state index in [0.717, 1.165) is 22.6 Å². The van der Waals surface area contributed by atoms with Gasteiger partial charge in [0, 0.05) is 17.1 Å². The number of carbonyl (C=O) groups excluding carboxylic acids is 1. The van der Waals surface area contributed by atoms with E-state index in [1.165, 1.54) is 11.8 Å². The number of aromatic nitrogens is 1. The fraction of sp³-hybridized carbons (Fsp3) is 0.0909. The molecule has 2 aromatic carbocycles. The quantitative estimate of drug-likeness (QED) is 0.639. The van der Waals surface area contributed by atoms with Crippen molar-refractivity contribution in [2.24, 2.45) is 4.99 Å². The Morgan fingerprint density at radius 3 is 2.50 bits per heavy atom. The highest BCUT2D eigenvalue weighted by Gasteiger charge is 2.24. The largest absolute Gasteiger partial charge is 0.508 e. The molecule has 3 aromatic rings. The third-order valence-corrected chi connectivity index (χ3v) is 5.41. The number of nitrogens with one attached hydrogen (secondary N) is 1. The minimum atomic E-state index is -0.160. The molecule has 4 rings (SSSR count). The standard InChI is InChI=1S/C22H19N3O2S/c1-14-12-16(15(2)25(14)18-6-4-3-5-7-18)13-20-21(27)24-22(28-20)23-17-8-10-19(26)11-9-17/h3-13,26H,1-2H3,(H,23,24,27)/b20-13-. The molecule has 28 heavy (non-hydrogen) atoms. The van der Waals surface area contributed by atoms with Crippen LogP contribution in [0.25, 0.3) is 11.8 Å². The number of thioether (sulfide) groups is 1. The van der Waals surface area contributed by atoms with Crippen molar-refractivity contribution in [3.63, 3.8) is 0 Å². The number of aliphatic imine (C=N–C) groups is 1. The van der Waals surface area contributed by atoms with Crippen LogP contribution in [0.4, 0.5) is 5.69 Å². The van der Waals surface area contributed by atoms with Crippen molar-refractivity contribution in [3.05, 3.63) is 82.5 Å². The van der Waals surface area contributed by atoms with E-state index < -0.39 is 0 Å². The zero-order valence-corrected chi connectivity index (χ0v) is 16.3. The van der Waals surface area contributed by atoms with Crippen LogP contribution in [-0.2, 0) is 4.79 Å². The van der Waals surface area contributed by atoms with E-state index in [-0.39, 0.29) is 11.7 Å². The normalized spacial score (nSPS) is 16.7. The summed E-state index contributed by atoms with van der Waals surface area (Å²) >= 11 is 1.31. The zero-order chi connectivity index (χ0) is 19.7. The summed E-state index contributed by atoms with van der Waals surface area (Å²) in [6.07, 6.45) is 1.90. The molecule has 1 saturated heterocycles. The molecule has 0 unspecified atom stereocenters. The first kappa shape index (κ1) is 18.1. The van der Waals surface area contributed by atoms with Gasteiger partial charge in [-0.2, -0.15) is 0 Å². The number of carbonyl (C=O) groups is 1. The molecule has 2 heterocycles. The molecule has 1 aliphatic rings. The number of amides is 1. The lowest BCUT2D eigenvalue weighted by Gasteiger charge is -2.09. The van der Waals surface area contributed by atoms with Gasteiger partial charge in [-0.05, 0) is 79.7 Å². The number of phenols is 1. The zero-order valence-electron chi connectivity index (χ0n) is 15.5. The first-order chi connectivity index (χ1) is 13.5. The average molecular weight is 389 g/mol. The van der Waals surface area contributed by atoms with Crippen LogP contribution in [0.3, 0.4) is 0 Å². The molecule has 1 fully saturated rings. The fourth-order valence-electron chi connectivity index (χ4n) is 3.17. The van der Waals surface area contributed by atoms with Crippen molar-refractivity contribution in [3.8, 4) is 11.4 Å². The Balaban J connectivity index is 1.63. The highest BCUT2D eigenvalue weighted by atomic mass is 32.2. The van der Waals surface area contributed by atoms with Crippen molar-refractivity contribution >= 4 is 34.6 Å². The van der Waals surface area contributed by atoms with E-state index in [4.69, 9.17) is 0 Å². The summed E-state index contributed by atoms with van der Waals surface area (Å²) < 4.78 is 2.18. The molecule has 0 aliphatic carbocycles. The Morgan fingerprint density at radius 2 is 1.79 bits per heavy atom. The topological polar surface area (TPSA) is 66.6 Å². The Bertz CT molecular complexity index is 1100. The molecule has 1 aromatic heterocycles. The van der Waals surface area contributed by atoms with Gasteiger partial charge < -0.3 is 15.0 Å². The van der Waals surface area contributed by atoms with E-state index >= 15 is 0 Å². The number of aryl methyl sites for hydroxylation is 1. The van der Waals surface area contributed by atoms with Gasteiger partial charge in [-0.3, -0.25) is 4.79 Å². The van der Waals surface area contributed by atoms with Gasteiger partial charge in [-0.15, -0.1) is 0 Å². The van der Waals surface area contributed by atoms with Crippen LogP contribution in [0.15, 0.2) is 70.6 Å². The third-order valence-electron chi connectivity index (χ3n) is 4.50. The maximum absolute atomic E-state index is 12.4.